The van der Waals surface area contributed by atoms with E-state index in [0.717, 1.165) is 18.5 Å². The van der Waals surface area contributed by atoms with Crippen molar-refractivity contribution in [1.29, 1.82) is 0 Å². The van der Waals surface area contributed by atoms with E-state index in [1.54, 1.807) is 0 Å². The molecule has 1 heterocycles. The van der Waals surface area contributed by atoms with Crippen LogP contribution in [0.25, 0.3) is 0 Å². The van der Waals surface area contributed by atoms with Crippen LogP contribution in [0.5, 0.6) is 0 Å². The molecule has 1 aliphatic rings. The molecule has 16 heavy (non-hydrogen) atoms. The largest absolute Gasteiger partial charge is 0.386 e. The molecule has 0 unspecified atom stereocenters. The van der Waals surface area contributed by atoms with E-state index in [-0.39, 0.29) is 0 Å². The summed E-state index contributed by atoms with van der Waals surface area (Å²) in [5.74, 6) is 0. The standard InChI is InChI=1S/C14H21NO/c1-10(2)15-9-8-11-6-5-7-12(13(11)15)14(3,4)16/h5-7,10,16H,8-9H2,1-4H3. The third-order valence-corrected chi connectivity index (χ3v) is 3.31. The topological polar surface area (TPSA) is 23.5 Å². The number of fused-ring (bicyclic) bond motifs is 1. The summed E-state index contributed by atoms with van der Waals surface area (Å²) < 4.78 is 0. The first-order valence-electron chi connectivity index (χ1n) is 6.02. The first-order valence-corrected chi connectivity index (χ1v) is 6.02. The maximum absolute atomic E-state index is 10.2. The first kappa shape index (κ1) is 11.5. The zero-order chi connectivity index (χ0) is 11.9. The Balaban J connectivity index is 2.54. The fraction of sp³-hybridized carbons (Fsp3) is 0.571. The van der Waals surface area contributed by atoms with Gasteiger partial charge in [-0.15, -0.1) is 0 Å². The fourth-order valence-electron chi connectivity index (χ4n) is 2.50. The highest BCUT2D eigenvalue weighted by molar-refractivity contribution is 5.65. The lowest BCUT2D eigenvalue weighted by Crippen LogP contribution is -2.31. The van der Waals surface area contributed by atoms with Crippen LogP contribution in [0.4, 0.5) is 5.69 Å². The molecule has 2 heteroatoms. The van der Waals surface area contributed by atoms with Crippen LogP contribution < -0.4 is 4.90 Å². The number of para-hydroxylation sites is 1. The Bertz CT molecular complexity index is 390. The molecule has 0 aliphatic carbocycles. The average molecular weight is 219 g/mol. The number of rotatable bonds is 2. The van der Waals surface area contributed by atoms with E-state index in [1.165, 1.54) is 11.3 Å². The summed E-state index contributed by atoms with van der Waals surface area (Å²) in [7, 11) is 0. The molecule has 0 saturated carbocycles. The Hall–Kier alpha value is -1.02. The third-order valence-electron chi connectivity index (χ3n) is 3.31. The molecular formula is C14H21NO. The van der Waals surface area contributed by atoms with Gasteiger partial charge in [0.05, 0.1) is 5.60 Å². The molecular weight excluding hydrogens is 198 g/mol. The zero-order valence-electron chi connectivity index (χ0n) is 10.6. The summed E-state index contributed by atoms with van der Waals surface area (Å²) in [5.41, 5.74) is 2.91. The maximum Gasteiger partial charge on any atom is 0.0860 e. The highest BCUT2D eigenvalue weighted by Gasteiger charge is 2.29. The van der Waals surface area contributed by atoms with Crippen LogP contribution in [0, 0.1) is 0 Å². The van der Waals surface area contributed by atoms with Gasteiger partial charge in [-0.1, -0.05) is 18.2 Å². The highest BCUT2D eigenvalue weighted by Crippen LogP contribution is 2.38. The minimum atomic E-state index is -0.761. The SMILES string of the molecule is CC(C)N1CCc2cccc(C(C)(C)O)c21. The van der Waals surface area contributed by atoms with Crippen LogP contribution >= 0.6 is 0 Å². The maximum atomic E-state index is 10.2. The van der Waals surface area contributed by atoms with Crippen molar-refractivity contribution in [2.24, 2.45) is 0 Å². The van der Waals surface area contributed by atoms with E-state index in [2.05, 4.69) is 30.9 Å². The molecule has 1 aromatic rings. The van der Waals surface area contributed by atoms with E-state index < -0.39 is 5.60 Å². The second kappa shape index (κ2) is 3.77. The van der Waals surface area contributed by atoms with Crippen molar-refractivity contribution in [3.63, 3.8) is 0 Å². The highest BCUT2D eigenvalue weighted by atomic mass is 16.3. The van der Waals surface area contributed by atoms with Crippen molar-refractivity contribution in [1.82, 2.24) is 0 Å². The number of hydrogen-bond donors (Lipinski definition) is 1. The molecule has 0 radical (unpaired) electrons. The van der Waals surface area contributed by atoms with Gasteiger partial charge in [0.1, 0.15) is 0 Å². The van der Waals surface area contributed by atoms with Crippen LogP contribution in [0.2, 0.25) is 0 Å². The van der Waals surface area contributed by atoms with Gasteiger partial charge in [-0.3, -0.25) is 0 Å². The van der Waals surface area contributed by atoms with E-state index in [1.807, 2.05) is 19.9 Å². The molecule has 0 spiro atoms. The fourth-order valence-corrected chi connectivity index (χ4v) is 2.50. The van der Waals surface area contributed by atoms with Gasteiger partial charge in [0.15, 0.2) is 0 Å². The number of aliphatic hydroxyl groups is 1. The molecule has 1 aromatic carbocycles. The Morgan fingerprint density at radius 1 is 1.31 bits per heavy atom. The lowest BCUT2D eigenvalue weighted by atomic mass is 9.94. The van der Waals surface area contributed by atoms with Crippen molar-refractivity contribution in [3.8, 4) is 0 Å². The van der Waals surface area contributed by atoms with Gasteiger partial charge >= 0.3 is 0 Å². The Labute approximate surface area is 97.9 Å². The van der Waals surface area contributed by atoms with Gasteiger partial charge < -0.3 is 10.0 Å². The first-order chi connectivity index (χ1) is 7.41. The van der Waals surface area contributed by atoms with Crippen molar-refractivity contribution in [2.45, 2.75) is 45.8 Å². The molecule has 0 fully saturated rings. The Kier molecular flexibility index (Phi) is 2.70. The van der Waals surface area contributed by atoms with E-state index in [9.17, 15) is 5.11 Å². The lowest BCUT2D eigenvalue weighted by Gasteiger charge is -2.30. The summed E-state index contributed by atoms with van der Waals surface area (Å²) in [5, 5.41) is 10.2. The molecule has 0 atom stereocenters. The van der Waals surface area contributed by atoms with Gasteiger partial charge in [0.25, 0.3) is 0 Å². The van der Waals surface area contributed by atoms with Crippen LogP contribution in [-0.2, 0) is 12.0 Å². The van der Waals surface area contributed by atoms with Crippen LogP contribution in [0.1, 0.15) is 38.8 Å². The molecule has 2 nitrogen and oxygen atoms in total. The average Bonchev–Trinajstić information content (AvgIpc) is 2.58. The molecule has 2 rings (SSSR count). The Morgan fingerprint density at radius 3 is 2.56 bits per heavy atom. The molecule has 1 N–H and O–H groups in total. The zero-order valence-corrected chi connectivity index (χ0v) is 10.6. The predicted molar refractivity (Wildman–Crippen MR) is 67.9 cm³/mol. The molecule has 88 valence electrons. The van der Waals surface area contributed by atoms with Crippen molar-refractivity contribution >= 4 is 5.69 Å². The summed E-state index contributed by atoms with van der Waals surface area (Å²) in [6.45, 7) is 9.20. The van der Waals surface area contributed by atoms with Gasteiger partial charge in [-0.05, 0) is 39.7 Å². The summed E-state index contributed by atoms with van der Waals surface area (Å²) in [6.07, 6.45) is 1.09. The second-order valence-corrected chi connectivity index (χ2v) is 5.41. The monoisotopic (exact) mass is 219 g/mol. The number of hydrogen-bond acceptors (Lipinski definition) is 2. The Morgan fingerprint density at radius 2 is 2.00 bits per heavy atom. The third kappa shape index (κ3) is 1.82. The number of anilines is 1. The van der Waals surface area contributed by atoms with Crippen LogP contribution in [0.3, 0.4) is 0 Å². The summed E-state index contributed by atoms with van der Waals surface area (Å²) in [4.78, 5) is 2.39. The van der Waals surface area contributed by atoms with Crippen LogP contribution in [-0.4, -0.2) is 17.7 Å². The van der Waals surface area contributed by atoms with Gasteiger partial charge in [0, 0.05) is 23.8 Å². The normalized spacial score (nSPS) is 15.8. The van der Waals surface area contributed by atoms with Gasteiger partial charge in [-0.2, -0.15) is 0 Å². The number of benzene rings is 1. The quantitative estimate of drug-likeness (QED) is 0.826. The molecule has 0 aromatic heterocycles. The van der Waals surface area contributed by atoms with Crippen molar-refractivity contribution in [2.75, 3.05) is 11.4 Å². The van der Waals surface area contributed by atoms with E-state index in [0.29, 0.717) is 6.04 Å². The summed E-state index contributed by atoms with van der Waals surface area (Å²) >= 11 is 0. The molecule has 0 amide bonds. The number of nitrogens with zero attached hydrogens (tertiary/aromatic N) is 1. The molecule has 1 aliphatic heterocycles. The van der Waals surface area contributed by atoms with Crippen LogP contribution in [0.15, 0.2) is 18.2 Å². The predicted octanol–water partition coefficient (Wildman–Crippen LogP) is 2.68. The molecule has 0 bridgehead atoms. The van der Waals surface area contributed by atoms with Crippen molar-refractivity contribution < 1.29 is 5.11 Å². The summed E-state index contributed by atoms with van der Waals surface area (Å²) in [6, 6.07) is 6.76. The van der Waals surface area contributed by atoms with Gasteiger partial charge in [0.2, 0.25) is 0 Å². The van der Waals surface area contributed by atoms with Gasteiger partial charge in [-0.25, -0.2) is 0 Å². The molecule has 0 saturated heterocycles. The minimum Gasteiger partial charge on any atom is -0.386 e. The lowest BCUT2D eigenvalue weighted by molar-refractivity contribution is 0.0790. The van der Waals surface area contributed by atoms with E-state index >= 15 is 0 Å². The second-order valence-electron chi connectivity index (χ2n) is 5.41. The minimum absolute atomic E-state index is 0.491. The van der Waals surface area contributed by atoms with E-state index in [4.69, 9.17) is 0 Å². The van der Waals surface area contributed by atoms with Crippen molar-refractivity contribution in [3.05, 3.63) is 29.3 Å². The smallest absolute Gasteiger partial charge is 0.0860 e.